The summed E-state index contributed by atoms with van der Waals surface area (Å²) >= 11 is 0. The van der Waals surface area contributed by atoms with Gasteiger partial charge < -0.3 is 15.0 Å². The van der Waals surface area contributed by atoms with Crippen LogP contribution in [0.5, 0.6) is 0 Å². The predicted octanol–water partition coefficient (Wildman–Crippen LogP) is 2.25. The first-order valence-electron chi connectivity index (χ1n) is 6.90. The van der Waals surface area contributed by atoms with E-state index in [0.717, 1.165) is 38.0 Å². The molecular formula is C15H22N2O2. The van der Waals surface area contributed by atoms with Gasteiger partial charge in [0, 0.05) is 13.1 Å². The van der Waals surface area contributed by atoms with Crippen LogP contribution in [0.1, 0.15) is 18.4 Å². The van der Waals surface area contributed by atoms with E-state index in [1.165, 1.54) is 0 Å². The SMILES string of the molecule is CNCC1CCN(C(=O)OCc2ccccc2)CC1. The highest BCUT2D eigenvalue weighted by Crippen LogP contribution is 2.17. The highest BCUT2D eigenvalue weighted by Gasteiger charge is 2.23. The fourth-order valence-corrected chi connectivity index (χ4v) is 2.42. The number of rotatable bonds is 4. The molecule has 1 fully saturated rings. The van der Waals surface area contributed by atoms with Crippen LogP contribution < -0.4 is 5.32 Å². The Labute approximate surface area is 114 Å². The molecule has 1 saturated heterocycles. The maximum Gasteiger partial charge on any atom is 0.410 e. The fraction of sp³-hybridized carbons (Fsp3) is 0.533. The lowest BCUT2D eigenvalue weighted by atomic mass is 9.97. The summed E-state index contributed by atoms with van der Waals surface area (Å²) in [5.41, 5.74) is 1.03. The molecule has 0 spiro atoms. The number of nitrogens with zero attached hydrogens (tertiary/aromatic N) is 1. The van der Waals surface area contributed by atoms with E-state index in [9.17, 15) is 4.79 Å². The smallest absolute Gasteiger partial charge is 0.410 e. The van der Waals surface area contributed by atoms with Gasteiger partial charge in [-0.2, -0.15) is 0 Å². The third-order valence-electron chi connectivity index (χ3n) is 3.57. The van der Waals surface area contributed by atoms with Gasteiger partial charge in [-0.05, 0) is 37.9 Å². The van der Waals surface area contributed by atoms with Crippen molar-refractivity contribution in [1.82, 2.24) is 10.2 Å². The van der Waals surface area contributed by atoms with E-state index in [1.807, 2.05) is 42.3 Å². The fourth-order valence-electron chi connectivity index (χ4n) is 2.42. The van der Waals surface area contributed by atoms with Gasteiger partial charge in [0.25, 0.3) is 0 Å². The largest absolute Gasteiger partial charge is 0.445 e. The summed E-state index contributed by atoms with van der Waals surface area (Å²) in [6, 6.07) is 9.79. The Bertz CT molecular complexity index is 386. The minimum atomic E-state index is -0.188. The monoisotopic (exact) mass is 262 g/mol. The van der Waals surface area contributed by atoms with Crippen molar-refractivity contribution in [3.63, 3.8) is 0 Å². The van der Waals surface area contributed by atoms with Gasteiger partial charge in [0.05, 0.1) is 0 Å². The van der Waals surface area contributed by atoms with Gasteiger partial charge in [-0.3, -0.25) is 0 Å². The van der Waals surface area contributed by atoms with Crippen LogP contribution in [-0.4, -0.2) is 37.7 Å². The molecule has 0 saturated carbocycles. The molecule has 0 aromatic heterocycles. The van der Waals surface area contributed by atoms with Crippen molar-refractivity contribution in [2.45, 2.75) is 19.4 Å². The summed E-state index contributed by atoms with van der Waals surface area (Å²) in [7, 11) is 1.97. The van der Waals surface area contributed by atoms with Gasteiger partial charge >= 0.3 is 6.09 Å². The van der Waals surface area contributed by atoms with E-state index in [0.29, 0.717) is 12.5 Å². The van der Waals surface area contributed by atoms with E-state index in [-0.39, 0.29) is 6.09 Å². The zero-order valence-electron chi connectivity index (χ0n) is 11.5. The van der Waals surface area contributed by atoms with E-state index < -0.39 is 0 Å². The molecule has 0 unspecified atom stereocenters. The summed E-state index contributed by atoms with van der Waals surface area (Å²) < 4.78 is 5.33. The highest BCUT2D eigenvalue weighted by molar-refractivity contribution is 5.67. The average molecular weight is 262 g/mol. The van der Waals surface area contributed by atoms with Crippen molar-refractivity contribution in [2.75, 3.05) is 26.7 Å². The third-order valence-corrected chi connectivity index (χ3v) is 3.57. The van der Waals surface area contributed by atoms with Crippen molar-refractivity contribution in [2.24, 2.45) is 5.92 Å². The number of carbonyl (C=O) groups is 1. The van der Waals surface area contributed by atoms with Gasteiger partial charge in [0.15, 0.2) is 0 Å². The van der Waals surface area contributed by atoms with Gasteiger partial charge in [-0.1, -0.05) is 30.3 Å². The summed E-state index contributed by atoms with van der Waals surface area (Å²) in [4.78, 5) is 13.7. The number of amides is 1. The molecular weight excluding hydrogens is 240 g/mol. The topological polar surface area (TPSA) is 41.6 Å². The number of nitrogens with one attached hydrogen (secondary N) is 1. The van der Waals surface area contributed by atoms with Gasteiger partial charge in [-0.15, -0.1) is 0 Å². The Kier molecular flexibility index (Phi) is 5.21. The normalized spacial score (nSPS) is 16.4. The number of carbonyl (C=O) groups excluding carboxylic acids is 1. The first-order valence-corrected chi connectivity index (χ1v) is 6.90. The molecule has 4 nitrogen and oxygen atoms in total. The lowest BCUT2D eigenvalue weighted by Crippen LogP contribution is -2.40. The molecule has 2 rings (SSSR count). The van der Waals surface area contributed by atoms with Gasteiger partial charge in [-0.25, -0.2) is 4.79 Å². The van der Waals surface area contributed by atoms with Crippen LogP contribution in [0.2, 0.25) is 0 Å². The standard InChI is InChI=1S/C15H22N2O2/c1-16-11-13-7-9-17(10-8-13)15(18)19-12-14-5-3-2-4-6-14/h2-6,13,16H,7-12H2,1H3. The maximum absolute atomic E-state index is 11.9. The number of hydrogen-bond donors (Lipinski definition) is 1. The molecule has 1 aliphatic heterocycles. The van der Waals surface area contributed by atoms with Crippen LogP contribution in [0.15, 0.2) is 30.3 Å². The number of benzene rings is 1. The summed E-state index contributed by atoms with van der Waals surface area (Å²) in [6.07, 6.45) is 1.93. The molecule has 0 atom stereocenters. The lowest BCUT2D eigenvalue weighted by molar-refractivity contribution is 0.0824. The Hall–Kier alpha value is -1.55. The van der Waals surface area contributed by atoms with E-state index in [4.69, 9.17) is 4.74 Å². The summed E-state index contributed by atoms with van der Waals surface area (Å²) in [5, 5.41) is 3.19. The maximum atomic E-state index is 11.9. The second-order valence-corrected chi connectivity index (χ2v) is 5.03. The summed E-state index contributed by atoms with van der Waals surface area (Å²) in [5.74, 6) is 0.683. The molecule has 1 N–H and O–H groups in total. The molecule has 0 radical (unpaired) electrons. The van der Waals surface area contributed by atoms with Crippen LogP contribution in [0.4, 0.5) is 4.79 Å². The highest BCUT2D eigenvalue weighted by atomic mass is 16.6. The van der Waals surface area contributed by atoms with Gasteiger partial charge in [0.2, 0.25) is 0 Å². The third kappa shape index (κ3) is 4.24. The van der Waals surface area contributed by atoms with E-state index >= 15 is 0 Å². The van der Waals surface area contributed by atoms with Crippen LogP contribution in [0.3, 0.4) is 0 Å². The Morgan fingerprint density at radius 3 is 2.63 bits per heavy atom. The number of ether oxygens (including phenoxy) is 1. The van der Waals surface area contributed by atoms with E-state index in [2.05, 4.69) is 5.32 Å². The Morgan fingerprint density at radius 2 is 2.00 bits per heavy atom. The second-order valence-electron chi connectivity index (χ2n) is 5.03. The van der Waals surface area contributed by atoms with Crippen LogP contribution >= 0.6 is 0 Å². The number of piperidine rings is 1. The van der Waals surface area contributed by atoms with Crippen molar-refractivity contribution < 1.29 is 9.53 Å². The van der Waals surface area contributed by atoms with Gasteiger partial charge in [0.1, 0.15) is 6.61 Å². The molecule has 0 bridgehead atoms. The molecule has 1 heterocycles. The van der Waals surface area contributed by atoms with Crippen molar-refractivity contribution in [3.05, 3.63) is 35.9 Å². The molecule has 104 valence electrons. The predicted molar refractivity (Wildman–Crippen MR) is 74.9 cm³/mol. The second kappa shape index (κ2) is 7.14. The van der Waals surface area contributed by atoms with E-state index in [1.54, 1.807) is 0 Å². The molecule has 1 aromatic rings. The van der Waals surface area contributed by atoms with Crippen molar-refractivity contribution in [1.29, 1.82) is 0 Å². The molecule has 1 aliphatic rings. The van der Waals surface area contributed by atoms with Crippen molar-refractivity contribution in [3.8, 4) is 0 Å². The Morgan fingerprint density at radius 1 is 1.32 bits per heavy atom. The Balaban J connectivity index is 1.73. The average Bonchev–Trinajstić information content (AvgIpc) is 2.47. The van der Waals surface area contributed by atoms with Crippen LogP contribution in [-0.2, 0) is 11.3 Å². The van der Waals surface area contributed by atoms with Crippen molar-refractivity contribution >= 4 is 6.09 Å². The number of likely N-dealkylation sites (tertiary alicyclic amines) is 1. The zero-order chi connectivity index (χ0) is 13.5. The molecule has 19 heavy (non-hydrogen) atoms. The molecule has 0 aliphatic carbocycles. The number of hydrogen-bond acceptors (Lipinski definition) is 3. The minimum absolute atomic E-state index is 0.188. The zero-order valence-corrected chi connectivity index (χ0v) is 11.5. The quantitative estimate of drug-likeness (QED) is 0.905. The summed E-state index contributed by atoms with van der Waals surface area (Å²) in [6.45, 7) is 3.00. The lowest BCUT2D eigenvalue weighted by Gasteiger charge is -2.31. The molecule has 1 aromatic carbocycles. The minimum Gasteiger partial charge on any atom is -0.445 e. The molecule has 4 heteroatoms. The van der Waals surface area contributed by atoms with Crippen LogP contribution in [0, 0.1) is 5.92 Å². The van der Waals surface area contributed by atoms with Crippen LogP contribution in [0.25, 0.3) is 0 Å². The first-order chi connectivity index (χ1) is 9.29. The molecule has 1 amide bonds. The first kappa shape index (κ1) is 13.9.